The van der Waals surface area contributed by atoms with Gasteiger partial charge in [-0.1, -0.05) is 47.5 Å². The molecule has 1 aliphatic carbocycles. The molecule has 1 aliphatic rings. The van der Waals surface area contributed by atoms with E-state index in [1.54, 1.807) is 19.1 Å². The number of hydrogen-bond acceptors (Lipinski definition) is 4. The maximum Gasteiger partial charge on any atom is 0.306 e. The number of methoxy groups -OCH3 is 1. The summed E-state index contributed by atoms with van der Waals surface area (Å²) in [6, 6.07) is -0.620. The number of nitrogens with zero attached hydrogens (tertiary/aromatic N) is 1. The van der Waals surface area contributed by atoms with Gasteiger partial charge in [0.1, 0.15) is 0 Å². The van der Waals surface area contributed by atoms with Crippen LogP contribution >= 0.6 is 0 Å². The van der Waals surface area contributed by atoms with Gasteiger partial charge in [0, 0.05) is 14.2 Å². The largest absolute Gasteiger partial charge is 0.481 e. The van der Waals surface area contributed by atoms with Gasteiger partial charge in [0.25, 0.3) is 0 Å². The molecule has 0 heterocycles. The lowest BCUT2D eigenvalue weighted by atomic mass is 9.60. The zero-order valence-corrected chi connectivity index (χ0v) is 17.5. The summed E-state index contributed by atoms with van der Waals surface area (Å²) in [5, 5.41) is 9.50. The number of aliphatic carboxylic acids is 1. The Balaban J connectivity index is 3.55. The third-order valence-electron chi connectivity index (χ3n) is 6.20. The van der Waals surface area contributed by atoms with Crippen LogP contribution in [0.4, 0.5) is 0 Å². The molecule has 0 spiro atoms. The van der Waals surface area contributed by atoms with E-state index in [1.807, 2.05) is 13.8 Å². The highest BCUT2D eigenvalue weighted by Gasteiger charge is 2.58. The molecule has 0 aromatic rings. The summed E-state index contributed by atoms with van der Waals surface area (Å²) in [6.45, 7) is 10.1. The molecule has 0 aromatic carbocycles. The van der Waals surface area contributed by atoms with Crippen molar-refractivity contribution in [3.05, 3.63) is 0 Å². The van der Waals surface area contributed by atoms with Gasteiger partial charge in [-0.15, -0.1) is 0 Å². The number of hydrogen-bond donors (Lipinski definition) is 2. The molecule has 3 atom stereocenters. The first-order valence-electron chi connectivity index (χ1n) is 9.69. The van der Waals surface area contributed by atoms with E-state index in [1.165, 1.54) is 0 Å². The monoisotopic (exact) mass is 370 g/mol. The Labute approximate surface area is 158 Å². The minimum atomic E-state index is -0.919. The van der Waals surface area contributed by atoms with Crippen LogP contribution in [-0.2, 0) is 14.3 Å². The Morgan fingerprint density at radius 1 is 1.23 bits per heavy atom. The molecule has 6 heteroatoms. The maximum absolute atomic E-state index is 13.2. The van der Waals surface area contributed by atoms with E-state index < -0.39 is 23.7 Å². The summed E-state index contributed by atoms with van der Waals surface area (Å²) in [5.41, 5.74) is 5.08. The van der Waals surface area contributed by atoms with E-state index in [0.717, 1.165) is 25.7 Å². The quantitative estimate of drug-likeness (QED) is 0.685. The zero-order chi connectivity index (χ0) is 20.3. The highest BCUT2D eigenvalue weighted by atomic mass is 16.5. The molecule has 0 bridgehead atoms. The van der Waals surface area contributed by atoms with Crippen molar-refractivity contribution < 1.29 is 19.4 Å². The summed E-state index contributed by atoms with van der Waals surface area (Å²) >= 11 is 0. The lowest BCUT2D eigenvalue weighted by Gasteiger charge is -2.58. The number of carboxylic acid groups (broad SMARTS) is 1. The van der Waals surface area contributed by atoms with Crippen LogP contribution in [0.5, 0.6) is 0 Å². The van der Waals surface area contributed by atoms with Crippen molar-refractivity contribution >= 4 is 11.9 Å². The second-order valence-corrected chi connectivity index (χ2v) is 9.05. The maximum atomic E-state index is 13.2. The van der Waals surface area contributed by atoms with Crippen molar-refractivity contribution in [2.24, 2.45) is 23.0 Å². The highest BCUT2D eigenvalue weighted by Crippen LogP contribution is 2.51. The van der Waals surface area contributed by atoms with Crippen LogP contribution in [-0.4, -0.2) is 53.7 Å². The zero-order valence-electron chi connectivity index (χ0n) is 17.5. The Hall–Kier alpha value is -1.14. The molecular formula is C20H38N2O4. The predicted molar refractivity (Wildman–Crippen MR) is 103 cm³/mol. The normalized spacial score (nSPS) is 20.7. The fraction of sp³-hybridized carbons (Fsp3) is 0.900. The molecule has 1 amide bonds. The smallest absolute Gasteiger partial charge is 0.306 e. The Morgan fingerprint density at radius 2 is 1.73 bits per heavy atom. The summed E-state index contributed by atoms with van der Waals surface area (Å²) in [5.74, 6) is -0.876. The summed E-state index contributed by atoms with van der Waals surface area (Å²) in [7, 11) is 3.33. The molecule has 0 aromatic heterocycles. The lowest BCUT2D eigenvalue weighted by molar-refractivity contribution is -0.174. The van der Waals surface area contributed by atoms with Crippen LogP contribution in [0, 0.1) is 17.3 Å². The van der Waals surface area contributed by atoms with Crippen molar-refractivity contribution in [1.29, 1.82) is 0 Å². The van der Waals surface area contributed by atoms with E-state index in [-0.39, 0.29) is 29.6 Å². The number of carbonyl (C=O) groups is 2. The van der Waals surface area contributed by atoms with E-state index in [0.29, 0.717) is 0 Å². The topological polar surface area (TPSA) is 92.9 Å². The molecule has 0 saturated heterocycles. The predicted octanol–water partition coefficient (Wildman–Crippen LogP) is 2.89. The number of nitrogens with two attached hydrogens (primary N) is 1. The van der Waals surface area contributed by atoms with E-state index in [4.69, 9.17) is 10.5 Å². The number of likely N-dealkylation sites (N-methyl/N-ethyl adjacent to an activating group) is 1. The fourth-order valence-corrected chi connectivity index (χ4v) is 4.99. The van der Waals surface area contributed by atoms with E-state index in [9.17, 15) is 14.7 Å². The van der Waals surface area contributed by atoms with E-state index >= 15 is 0 Å². The van der Waals surface area contributed by atoms with Gasteiger partial charge < -0.3 is 20.5 Å². The molecular weight excluding hydrogens is 332 g/mol. The van der Waals surface area contributed by atoms with Gasteiger partial charge >= 0.3 is 5.97 Å². The first-order valence-corrected chi connectivity index (χ1v) is 9.69. The van der Waals surface area contributed by atoms with Crippen molar-refractivity contribution in [2.75, 3.05) is 14.2 Å². The third kappa shape index (κ3) is 4.22. The summed E-state index contributed by atoms with van der Waals surface area (Å²) < 4.78 is 5.76. The number of rotatable bonds is 8. The minimum absolute atomic E-state index is 0.00617. The van der Waals surface area contributed by atoms with Crippen LogP contribution in [0.3, 0.4) is 0 Å². The first-order chi connectivity index (χ1) is 11.9. The molecule has 6 nitrogen and oxygen atoms in total. The number of ether oxygens (including phenoxy) is 1. The second kappa shape index (κ2) is 8.70. The molecule has 1 fully saturated rings. The Bertz CT molecular complexity index is 495. The van der Waals surface area contributed by atoms with Gasteiger partial charge in [0.2, 0.25) is 5.91 Å². The standard InChI is InChI=1S/C20H38N2O4/c1-13(2)17(21)18(25)22(6)20(19(3,4)5,14-10-8-9-11-14)15(26-7)12-16(23)24/h13-15,17H,8-12,21H2,1-7H3,(H,23,24)/t15-,17+,20-/m1/s1. The second-order valence-electron chi connectivity index (χ2n) is 9.05. The van der Waals surface area contributed by atoms with Crippen LogP contribution in [0.25, 0.3) is 0 Å². The van der Waals surface area contributed by atoms with Crippen LogP contribution in [0.15, 0.2) is 0 Å². The first kappa shape index (κ1) is 22.9. The molecule has 3 N–H and O–H groups in total. The Morgan fingerprint density at radius 3 is 2.08 bits per heavy atom. The average Bonchev–Trinajstić information content (AvgIpc) is 3.05. The van der Waals surface area contributed by atoms with Crippen LogP contribution in [0.2, 0.25) is 0 Å². The minimum Gasteiger partial charge on any atom is -0.481 e. The Kier molecular flexibility index (Phi) is 7.66. The number of carboxylic acids is 1. The lowest BCUT2D eigenvalue weighted by Crippen LogP contribution is -2.70. The number of amides is 1. The fourth-order valence-electron chi connectivity index (χ4n) is 4.99. The SMILES string of the molecule is CO[C@H](CC(=O)O)[C@@](C1CCCC1)(N(C)C(=O)[C@@H](N)C(C)C)C(C)(C)C. The summed E-state index contributed by atoms with van der Waals surface area (Å²) in [6.07, 6.45) is 3.36. The number of carbonyl (C=O) groups excluding carboxylic acids is 1. The van der Waals surface area contributed by atoms with Gasteiger partial charge in [0.15, 0.2) is 0 Å². The van der Waals surface area contributed by atoms with Gasteiger partial charge in [-0.05, 0) is 30.1 Å². The van der Waals surface area contributed by atoms with Crippen LogP contribution in [0.1, 0.15) is 66.7 Å². The highest BCUT2D eigenvalue weighted by molar-refractivity contribution is 5.83. The molecule has 0 unspecified atom stereocenters. The van der Waals surface area contributed by atoms with Gasteiger partial charge in [0.05, 0.1) is 24.1 Å². The molecule has 26 heavy (non-hydrogen) atoms. The third-order valence-corrected chi connectivity index (χ3v) is 6.20. The summed E-state index contributed by atoms with van der Waals surface area (Å²) in [4.78, 5) is 26.6. The molecule has 0 radical (unpaired) electrons. The van der Waals surface area contributed by atoms with Gasteiger partial charge in [-0.2, -0.15) is 0 Å². The van der Waals surface area contributed by atoms with E-state index in [2.05, 4.69) is 20.8 Å². The van der Waals surface area contributed by atoms with Gasteiger partial charge in [-0.25, -0.2) is 0 Å². The molecule has 1 rings (SSSR count). The molecule has 152 valence electrons. The van der Waals surface area contributed by atoms with Crippen molar-refractivity contribution in [3.63, 3.8) is 0 Å². The average molecular weight is 371 g/mol. The van der Waals surface area contributed by atoms with Crippen molar-refractivity contribution in [2.45, 2.75) is 84.4 Å². The van der Waals surface area contributed by atoms with Crippen molar-refractivity contribution in [1.82, 2.24) is 4.90 Å². The molecule has 1 saturated carbocycles. The van der Waals surface area contributed by atoms with Crippen molar-refractivity contribution in [3.8, 4) is 0 Å². The van der Waals surface area contributed by atoms with Gasteiger partial charge in [-0.3, -0.25) is 9.59 Å². The molecule has 0 aliphatic heterocycles. The van der Waals surface area contributed by atoms with Crippen LogP contribution < -0.4 is 5.73 Å².